The van der Waals surface area contributed by atoms with Crippen molar-refractivity contribution in [1.29, 1.82) is 0 Å². The van der Waals surface area contributed by atoms with Crippen molar-refractivity contribution in [3.8, 4) is 5.75 Å². The van der Waals surface area contributed by atoms with Gasteiger partial charge >= 0.3 is 0 Å². The second-order valence-corrected chi connectivity index (χ2v) is 14.6. The van der Waals surface area contributed by atoms with Crippen molar-refractivity contribution < 1.29 is 27.1 Å². The predicted octanol–water partition coefficient (Wildman–Crippen LogP) is 7.43. The van der Waals surface area contributed by atoms with Gasteiger partial charge in [-0.05, 0) is 91.6 Å². The van der Waals surface area contributed by atoms with E-state index in [1.807, 2.05) is 37.3 Å². The van der Waals surface area contributed by atoms with Crippen LogP contribution in [0.5, 0.6) is 5.75 Å². The van der Waals surface area contributed by atoms with Crippen molar-refractivity contribution in [2.45, 2.75) is 62.6 Å². The molecule has 1 saturated carbocycles. The van der Waals surface area contributed by atoms with Crippen LogP contribution in [0.3, 0.4) is 0 Å². The van der Waals surface area contributed by atoms with E-state index in [1.165, 1.54) is 17.0 Å². The molecule has 8 nitrogen and oxygen atoms in total. The molecule has 12 heteroatoms. The van der Waals surface area contributed by atoms with Gasteiger partial charge in [0, 0.05) is 29.1 Å². The van der Waals surface area contributed by atoms with E-state index < -0.39 is 34.3 Å². The number of amides is 2. The number of ether oxygens (including phenoxy) is 1. The Bertz CT molecular complexity index is 1840. The Morgan fingerprint density at radius 2 is 1.61 bits per heavy atom. The van der Waals surface area contributed by atoms with Gasteiger partial charge in [-0.1, -0.05) is 72.4 Å². The maximum atomic E-state index is 14.7. The molecule has 0 aromatic heterocycles. The average molecular weight is 727 g/mol. The van der Waals surface area contributed by atoms with Gasteiger partial charge in [-0.25, -0.2) is 12.8 Å². The summed E-state index contributed by atoms with van der Waals surface area (Å²) < 4.78 is 48.7. The molecule has 49 heavy (non-hydrogen) atoms. The van der Waals surface area contributed by atoms with Gasteiger partial charge in [-0.15, -0.1) is 0 Å². The molecule has 0 bridgehead atoms. The minimum Gasteiger partial charge on any atom is -0.494 e. The van der Waals surface area contributed by atoms with Crippen molar-refractivity contribution >= 4 is 50.7 Å². The molecule has 258 valence electrons. The molecule has 1 fully saturated rings. The van der Waals surface area contributed by atoms with E-state index in [0.717, 1.165) is 59.8 Å². The molecule has 0 saturated heterocycles. The average Bonchev–Trinajstić information content (AvgIpc) is 3.60. The number of sulfonamides is 1. The van der Waals surface area contributed by atoms with Gasteiger partial charge in [-0.3, -0.25) is 13.9 Å². The minimum atomic E-state index is -4.40. The number of nitrogens with one attached hydrogen (secondary N) is 1. The lowest BCUT2D eigenvalue weighted by Gasteiger charge is -2.34. The molecule has 0 radical (unpaired) electrons. The lowest BCUT2D eigenvalue weighted by molar-refractivity contribution is -0.140. The van der Waals surface area contributed by atoms with Crippen LogP contribution in [0.1, 0.15) is 43.7 Å². The summed E-state index contributed by atoms with van der Waals surface area (Å²) in [6.07, 6.45) is 3.83. The third-order valence-corrected chi connectivity index (χ3v) is 10.8. The number of anilines is 1. The Hall–Kier alpha value is -4.12. The lowest BCUT2D eigenvalue weighted by Crippen LogP contribution is -2.54. The zero-order valence-corrected chi connectivity index (χ0v) is 29.4. The van der Waals surface area contributed by atoms with Crippen LogP contribution in [0.15, 0.2) is 102 Å². The molecule has 1 aliphatic rings. The predicted molar refractivity (Wildman–Crippen MR) is 190 cm³/mol. The molecule has 4 aromatic rings. The number of nitrogens with zero attached hydrogens (tertiary/aromatic N) is 2. The third kappa shape index (κ3) is 9.32. The van der Waals surface area contributed by atoms with E-state index in [4.69, 9.17) is 27.9 Å². The maximum Gasteiger partial charge on any atom is 0.264 e. The summed E-state index contributed by atoms with van der Waals surface area (Å²) in [7, 11) is -4.40. The summed E-state index contributed by atoms with van der Waals surface area (Å²) in [5.41, 5.74) is 1.53. The van der Waals surface area contributed by atoms with Crippen LogP contribution >= 0.6 is 23.2 Å². The highest BCUT2D eigenvalue weighted by molar-refractivity contribution is 7.92. The van der Waals surface area contributed by atoms with Crippen molar-refractivity contribution in [3.05, 3.63) is 124 Å². The molecule has 0 spiro atoms. The first-order valence-electron chi connectivity index (χ1n) is 16.1. The second kappa shape index (κ2) is 16.5. The molecule has 0 unspecified atom stereocenters. The standard InChI is InChI=1S/C37H38Cl2FN3O5S/c1-2-48-32-18-16-31(17-19-32)43(49(46,47)33-20-14-29(40)15-21-33)25-36(44)42(24-27-12-13-28(38)23-34(27)39)35(22-26-8-4-3-5-9-26)37(45)41-30-10-6-7-11-30/h3-5,8-9,12-21,23,30,35H,2,6-7,10-11,22,24-25H2,1H3,(H,41,45)/t35-/m0/s1. The monoisotopic (exact) mass is 725 g/mol. The molecule has 1 atom stereocenters. The van der Waals surface area contributed by atoms with E-state index in [0.29, 0.717) is 28.0 Å². The highest BCUT2D eigenvalue weighted by atomic mass is 35.5. The van der Waals surface area contributed by atoms with E-state index in [-0.39, 0.29) is 35.5 Å². The van der Waals surface area contributed by atoms with E-state index in [9.17, 15) is 22.4 Å². The van der Waals surface area contributed by atoms with E-state index in [2.05, 4.69) is 5.32 Å². The van der Waals surface area contributed by atoms with Crippen LogP contribution < -0.4 is 14.4 Å². The topological polar surface area (TPSA) is 96.0 Å². The highest BCUT2D eigenvalue weighted by Crippen LogP contribution is 2.29. The third-order valence-electron chi connectivity index (χ3n) is 8.44. The molecular formula is C37H38Cl2FN3O5S. The highest BCUT2D eigenvalue weighted by Gasteiger charge is 2.36. The van der Waals surface area contributed by atoms with Gasteiger partial charge in [0.15, 0.2) is 0 Å². The molecule has 2 amide bonds. The largest absolute Gasteiger partial charge is 0.494 e. The van der Waals surface area contributed by atoms with Gasteiger partial charge < -0.3 is 15.0 Å². The van der Waals surface area contributed by atoms with Crippen molar-refractivity contribution in [1.82, 2.24) is 10.2 Å². The fourth-order valence-electron chi connectivity index (χ4n) is 5.89. The summed E-state index contributed by atoms with van der Waals surface area (Å²) in [6, 6.07) is 23.8. The Morgan fingerprint density at radius 1 is 0.939 bits per heavy atom. The SMILES string of the molecule is CCOc1ccc(N(CC(=O)N(Cc2ccc(Cl)cc2Cl)[C@@H](Cc2ccccc2)C(=O)NC2CCCC2)S(=O)(=O)c2ccc(F)cc2)cc1. The number of hydrogen-bond acceptors (Lipinski definition) is 5. The molecule has 1 N–H and O–H groups in total. The number of hydrogen-bond donors (Lipinski definition) is 1. The molecule has 1 aliphatic carbocycles. The Morgan fingerprint density at radius 3 is 2.24 bits per heavy atom. The number of rotatable bonds is 14. The minimum absolute atomic E-state index is 0.0268. The molecule has 4 aromatic carbocycles. The first-order valence-corrected chi connectivity index (χ1v) is 18.3. The van der Waals surface area contributed by atoms with Crippen molar-refractivity contribution in [2.75, 3.05) is 17.5 Å². The maximum absolute atomic E-state index is 14.7. The summed E-state index contributed by atoms with van der Waals surface area (Å²) in [5.74, 6) is -1.08. The number of benzene rings is 4. The lowest BCUT2D eigenvalue weighted by atomic mass is 10.0. The van der Waals surface area contributed by atoms with Crippen molar-refractivity contribution in [2.24, 2.45) is 0 Å². The number of carbonyl (C=O) groups excluding carboxylic acids is 2. The smallest absolute Gasteiger partial charge is 0.264 e. The van der Waals surface area contributed by atoms with Crippen LogP contribution in [-0.2, 0) is 32.6 Å². The van der Waals surface area contributed by atoms with E-state index in [1.54, 1.807) is 30.3 Å². The number of halogens is 3. The molecular weight excluding hydrogens is 688 g/mol. The Labute approximate surface area is 296 Å². The zero-order chi connectivity index (χ0) is 35.0. The fourth-order valence-corrected chi connectivity index (χ4v) is 7.78. The fraction of sp³-hybridized carbons (Fsp3) is 0.297. The summed E-state index contributed by atoms with van der Waals surface area (Å²) in [6.45, 7) is 1.47. The Kier molecular flexibility index (Phi) is 12.2. The Balaban J connectivity index is 1.58. The molecule has 0 aliphatic heterocycles. The first-order chi connectivity index (χ1) is 23.5. The van der Waals surface area contributed by atoms with Crippen LogP contribution in [0.4, 0.5) is 10.1 Å². The van der Waals surface area contributed by atoms with Crippen molar-refractivity contribution in [3.63, 3.8) is 0 Å². The second-order valence-electron chi connectivity index (χ2n) is 11.8. The summed E-state index contributed by atoms with van der Waals surface area (Å²) in [4.78, 5) is 30.0. The van der Waals surface area contributed by atoms with Crippen LogP contribution in [0.2, 0.25) is 10.0 Å². The quantitative estimate of drug-likeness (QED) is 0.146. The summed E-state index contributed by atoms with van der Waals surface area (Å²) >= 11 is 12.8. The van der Waals surface area contributed by atoms with Crippen LogP contribution in [0.25, 0.3) is 0 Å². The van der Waals surface area contributed by atoms with E-state index >= 15 is 0 Å². The van der Waals surface area contributed by atoms with Gasteiger partial charge in [0.25, 0.3) is 10.0 Å². The summed E-state index contributed by atoms with van der Waals surface area (Å²) in [5, 5.41) is 3.84. The molecule has 5 rings (SSSR count). The van der Waals surface area contributed by atoms with Gasteiger partial charge in [-0.2, -0.15) is 0 Å². The number of carbonyl (C=O) groups is 2. The zero-order valence-electron chi connectivity index (χ0n) is 27.0. The van der Waals surface area contributed by atoms with Gasteiger partial charge in [0.05, 0.1) is 17.2 Å². The molecule has 0 heterocycles. The first kappa shape index (κ1) is 36.2. The normalized spacial score (nSPS) is 13.9. The van der Waals surface area contributed by atoms with Crippen LogP contribution in [-0.4, -0.2) is 50.4 Å². The van der Waals surface area contributed by atoms with Crippen LogP contribution in [0, 0.1) is 5.82 Å². The van der Waals surface area contributed by atoms with Gasteiger partial charge in [0.2, 0.25) is 11.8 Å². The van der Waals surface area contributed by atoms with Gasteiger partial charge in [0.1, 0.15) is 24.2 Å².